The van der Waals surface area contributed by atoms with Gasteiger partial charge in [0.1, 0.15) is 0 Å². The molecular weight excluding hydrogens is 289 g/mol. The van der Waals surface area contributed by atoms with Gasteiger partial charge in [0.15, 0.2) is 0 Å². The predicted molar refractivity (Wildman–Crippen MR) is 44.0 cm³/mol. The molecule has 3 N–H and O–H groups in total. The fourth-order valence-corrected chi connectivity index (χ4v) is 1.22. The van der Waals surface area contributed by atoms with Crippen molar-refractivity contribution in [3.8, 4) is 0 Å². The summed E-state index contributed by atoms with van der Waals surface area (Å²) in [6.45, 7) is -1.10. The SMILES string of the molecule is NCC(CC(=O)[O-])(CC(=O)[O-])NCC(=O)[O-].[Na+].[Na+].[Na+]. The maximum absolute atomic E-state index is 10.4. The Morgan fingerprint density at radius 1 is 0.895 bits per heavy atom. The Labute approximate surface area is 176 Å². The van der Waals surface area contributed by atoms with Crippen molar-refractivity contribution in [2.45, 2.75) is 18.4 Å². The van der Waals surface area contributed by atoms with Gasteiger partial charge in [-0.05, 0) is 0 Å². The van der Waals surface area contributed by atoms with E-state index < -0.39 is 42.8 Å². The van der Waals surface area contributed by atoms with Crippen LogP contribution in [0.25, 0.3) is 0 Å². The van der Waals surface area contributed by atoms with Crippen molar-refractivity contribution in [2.75, 3.05) is 13.1 Å². The molecule has 92 valence electrons. The number of nitrogens with one attached hydrogen (secondary N) is 1. The molecule has 0 spiro atoms. The van der Waals surface area contributed by atoms with E-state index in [4.69, 9.17) is 5.73 Å². The number of aliphatic carboxylic acids is 3. The maximum atomic E-state index is 10.4. The summed E-state index contributed by atoms with van der Waals surface area (Å²) in [4.78, 5) is 31.0. The van der Waals surface area contributed by atoms with E-state index in [0.29, 0.717) is 0 Å². The first-order valence-corrected chi connectivity index (χ1v) is 4.36. The van der Waals surface area contributed by atoms with Crippen molar-refractivity contribution in [3.05, 3.63) is 0 Å². The minimum atomic E-state index is -1.60. The minimum Gasteiger partial charge on any atom is -0.550 e. The zero-order valence-corrected chi connectivity index (χ0v) is 17.4. The van der Waals surface area contributed by atoms with Gasteiger partial charge in [0.05, 0.1) is 5.97 Å². The van der Waals surface area contributed by atoms with Crippen molar-refractivity contribution in [2.24, 2.45) is 5.73 Å². The van der Waals surface area contributed by atoms with Crippen LogP contribution in [0.2, 0.25) is 0 Å². The summed E-state index contributed by atoms with van der Waals surface area (Å²) in [5, 5.41) is 33.2. The average molecular weight is 300 g/mol. The Morgan fingerprint density at radius 3 is 1.47 bits per heavy atom. The van der Waals surface area contributed by atoms with Crippen molar-refractivity contribution < 1.29 is 118 Å². The number of hydrogen-bond donors (Lipinski definition) is 2. The molecular formula is C8H11N2Na3O6. The van der Waals surface area contributed by atoms with Crippen molar-refractivity contribution >= 4 is 17.9 Å². The molecule has 0 aromatic carbocycles. The smallest absolute Gasteiger partial charge is 0.550 e. The maximum Gasteiger partial charge on any atom is 1.00 e. The van der Waals surface area contributed by atoms with Crippen molar-refractivity contribution in [3.63, 3.8) is 0 Å². The number of hydrogen-bond acceptors (Lipinski definition) is 8. The number of nitrogens with two attached hydrogens (primary N) is 1. The normalized spacial score (nSPS) is 9.32. The molecule has 0 radical (unpaired) electrons. The Balaban J connectivity index is -0.000000375. The van der Waals surface area contributed by atoms with E-state index in [1.807, 2.05) is 0 Å². The molecule has 11 heteroatoms. The minimum absolute atomic E-state index is 0. The van der Waals surface area contributed by atoms with Crippen LogP contribution >= 0.6 is 0 Å². The first-order valence-electron chi connectivity index (χ1n) is 4.36. The predicted octanol–water partition coefficient (Wildman–Crippen LogP) is -14.7. The van der Waals surface area contributed by atoms with Gasteiger partial charge < -0.3 is 40.8 Å². The standard InChI is InChI=1S/C8H14N2O6.3Na/c9-4-8(1-5(11)12,2-6(13)14)10-3-7(15)16;;;/h10H,1-4,9H2,(H,11,12)(H,13,14)(H,15,16);;;/q;3*+1/p-3. The zero-order valence-electron chi connectivity index (χ0n) is 11.4. The first kappa shape index (κ1) is 28.5. The second kappa shape index (κ2) is 14.3. The summed E-state index contributed by atoms with van der Waals surface area (Å²) in [5.74, 6) is -4.59. The van der Waals surface area contributed by atoms with E-state index in [2.05, 4.69) is 5.32 Å². The zero-order chi connectivity index (χ0) is 12.8. The Bertz CT molecular complexity index is 286. The van der Waals surface area contributed by atoms with Crippen LogP contribution in [0.3, 0.4) is 0 Å². The summed E-state index contributed by atoms with van der Waals surface area (Å²) < 4.78 is 0. The first-order chi connectivity index (χ1) is 7.31. The molecule has 0 rings (SSSR count). The van der Waals surface area contributed by atoms with E-state index >= 15 is 0 Å². The van der Waals surface area contributed by atoms with Crippen molar-refractivity contribution in [1.82, 2.24) is 5.32 Å². The number of carbonyl (C=O) groups excluding carboxylic acids is 3. The van der Waals surface area contributed by atoms with Crippen LogP contribution in [-0.4, -0.2) is 36.5 Å². The van der Waals surface area contributed by atoms with Gasteiger partial charge in [0, 0.05) is 43.4 Å². The van der Waals surface area contributed by atoms with Crippen molar-refractivity contribution in [1.29, 1.82) is 0 Å². The Kier molecular flexibility index (Phi) is 21.4. The van der Waals surface area contributed by atoms with E-state index in [0.717, 1.165) is 0 Å². The third-order valence-corrected chi connectivity index (χ3v) is 1.96. The van der Waals surface area contributed by atoms with Gasteiger partial charge in [-0.3, -0.25) is 0 Å². The number of carboxylic acids is 3. The molecule has 19 heavy (non-hydrogen) atoms. The molecule has 0 fully saturated rings. The molecule has 8 nitrogen and oxygen atoms in total. The summed E-state index contributed by atoms with van der Waals surface area (Å²) in [7, 11) is 0. The summed E-state index contributed by atoms with van der Waals surface area (Å²) in [6, 6.07) is 0. The van der Waals surface area contributed by atoms with Gasteiger partial charge in [-0.25, -0.2) is 0 Å². The second-order valence-corrected chi connectivity index (χ2v) is 3.31. The van der Waals surface area contributed by atoms with Gasteiger partial charge in [0.25, 0.3) is 0 Å². The third kappa shape index (κ3) is 14.0. The second-order valence-electron chi connectivity index (χ2n) is 3.31. The molecule has 0 aromatic heterocycles. The number of carboxylic acid groups (broad SMARTS) is 3. The summed E-state index contributed by atoms with van der Waals surface area (Å²) in [6.07, 6.45) is -1.46. The molecule has 0 atom stereocenters. The van der Waals surface area contributed by atoms with Crippen LogP contribution in [0.15, 0.2) is 0 Å². The molecule has 0 heterocycles. The Morgan fingerprint density at radius 2 is 1.26 bits per heavy atom. The largest absolute Gasteiger partial charge is 1.00 e. The topological polar surface area (TPSA) is 158 Å². The average Bonchev–Trinajstić information content (AvgIpc) is 2.12. The van der Waals surface area contributed by atoms with Crippen LogP contribution in [0, 0.1) is 0 Å². The quantitative estimate of drug-likeness (QED) is 0.418. The van der Waals surface area contributed by atoms with Gasteiger partial charge in [0.2, 0.25) is 0 Å². The van der Waals surface area contributed by atoms with Gasteiger partial charge in [-0.15, -0.1) is 0 Å². The molecule has 0 unspecified atom stereocenters. The molecule has 0 aliphatic rings. The van der Waals surface area contributed by atoms with Crippen LogP contribution < -0.4 is 115 Å². The van der Waals surface area contributed by atoms with Gasteiger partial charge in [-0.1, -0.05) is 0 Å². The molecule has 0 bridgehead atoms. The monoisotopic (exact) mass is 300 g/mol. The molecule has 0 aromatic rings. The number of carbonyl (C=O) groups is 3. The fraction of sp³-hybridized carbons (Fsp3) is 0.625. The molecule has 0 amide bonds. The van der Waals surface area contributed by atoms with Gasteiger partial charge >= 0.3 is 88.7 Å². The molecule has 0 saturated carbocycles. The van der Waals surface area contributed by atoms with E-state index in [9.17, 15) is 29.7 Å². The van der Waals surface area contributed by atoms with E-state index in [1.165, 1.54) is 0 Å². The third-order valence-electron chi connectivity index (χ3n) is 1.96. The van der Waals surface area contributed by atoms with Crippen LogP contribution in [0.4, 0.5) is 0 Å². The summed E-state index contributed by atoms with van der Waals surface area (Å²) >= 11 is 0. The van der Waals surface area contributed by atoms with Gasteiger partial charge in [-0.2, -0.15) is 0 Å². The number of rotatable bonds is 8. The van der Waals surface area contributed by atoms with E-state index in [-0.39, 0.29) is 95.2 Å². The fourth-order valence-electron chi connectivity index (χ4n) is 1.22. The van der Waals surface area contributed by atoms with E-state index in [1.54, 1.807) is 0 Å². The van der Waals surface area contributed by atoms with Crippen LogP contribution in [0.5, 0.6) is 0 Å². The molecule has 0 aliphatic heterocycles. The molecule has 0 aliphatic carbocycles. The Hall–Kier alpha value is 1.33. The van der Waals surface area contributed by atoms with Crippen LogP contribution in [0.1, 0.15) is 12.8 Å². The summed E-state index contributed by atoms with van der Waals surface area (Å²) in [5.41, 5.74) is 3.63. The molecule has 0 saturated heterocycles. The van der Waals surface area contributed by atoms with Crippen LogP contribution in [-0.2, 0) is 14.4 Å².